The number of rotatable bonds is 7. The Morgan fingerprint density at radius 3 is 2.52 bits per heavy atom. The first kappa shape index (κ1) is 18.0. The summed E-state index contributed by atoms with van der Waals surface area (Å²) in [5.41, 5.74) is 1.25. The van der Waals surface area contributed by atoms with Gasteiger partial charge >= 0.3 is 6.03 Å². The summed E-state index contributed by atoms with van der Waals surface area (Å²) in [5, 5.41) is 8.06. The average Bonchev–Trinajstić information content (AvgIpc) is 3.18. The second-order valence-electron chi connectivity index (χ2n) is 6.55. The molecule has 2 N–H and O–H groups in total. The quantitative estimate of drug-likeness (QED) is 0.797. The second kappa shape index (κ2) is 9.59. The number of likely N-dealkylation sites (tertiary alicyclic amines) is 1. The van der Waals surface area contributed by atoms with E-state index in [0.29, 0.717) is 13.1 Å². The van der Waals surface area contributed by atoms with Gasteiger partial charge in [-0.1, -0.05) is 36.4 Å². The molecule has 134 valence electrons. The van der Waals surface area contributed by atoms with Gasteiger partial charge in [-0.05, 0) is 55.3 Å². The lowest BCUT2D eigenvalue weighted by Crippen LogP contribution is -2.42. The fourth-order valence-corrected chi connectivity index (χ4v) is 4.22. The van der Waals surface area contributed by atoms with E-state index in [9.17, 15) is 4.79 Å². The molecule has 3 rings (SSSR count). The third-order valence-electron chi connectivity index (χ3n) is 4.79. The molecule has 0 unspecified atom stereocenters. The Labute approximate surface area is 154 Å². The van der Waals surface area contributed by atoms with Gasteiger partial charge in [0.05, 0.1) is 0 Å². The van der Waals surface area contributed by atoms with Crippen LogP contribution in [0.3, 0.4) is 0 Å². The van der Waals surface area contributed by atoms with Gasteiger partial charge in [-0.25, -0.2) is 4.79 Å². The molecule has 2 amide bonds. The number of thiophene rings is 1. The van der Waals surface area contributed by atoms with Crippen molar-refractivity contribution < 1.29 is 4.79 Å². The Kier molecular flexibility index (Phi) is 6.89. The number of carbonyl (C=O) groups is 1. The molecule has 1 aliphatic heterocycles. The van der Waals surface area contributed by atoms with Gasteiger partial charge in [0.1, 0.15) is 0 Å². The summed E-state index contributed by atoms with van der Waals surface area (Å²) in [6.45, 7) is 4.56. The van der Waals surface area contributed by atoms with Gasteiger partial charge in [0.2, 0.25) is 0 Å². The maximum absolute atomic E-state index is 11.8. The van der Waals surface area contributed by atoms with Crippen LogP contribution in [-0.2, 0) is 6.42 Å². The summed E-state index contributed by atoms with van der Waals surface area (Å²) in [6, 6.07) is 14.6. The predicted molar refractivity (Wildman–Crippen MR) is 104 cm³/mol. The molecule has 2 aromatic rings. The van der Waals surface area contributed by atoms with E-state index in [2.05, 4.69) is 45.2 Å². The number of benzene rings is 1. The summed E-state index contributed by atoms with van der Waals surface area (Å²) in [6.07, 6.45) is 3.32. The molecule has 0 bridgehead atoms. The van der Waals surface area contributed by atoms with Crippen LogP contribution >= 0.6 is 11.3 Å². The minimum absolute atomic E-state index is 0.0654. The van der Waals surface area contributed by atoms with Crippen molar-refractivity contribution in [2.45, 2.75) is 25.2 Å². The predicted octanol–water partition coefficient (Wildman–Crippen LogP) is 3.47. The van der Waals surface area contributed by atoms with E-state index in [4.69, 9.17) is 0 Å². The highest BCUT2D eigenvalue weighted by Gasteiger charge is 2.20. The molecule has 1 aliphatic rings. The van der Waals surface area contributed by atoms with Crippen LogP contribution in [0, 0.1) is 0 Å². The van der Waals surface area contributed by atoms with Crippen molar-refractivity contribution in [1.82, 2.24) is 15.5 Å². The van der Waals surface area contributed by atoms with Crippen LogP contribution in [0.15, 0.2) is 47.8 Å². The number of carbonyl (C=O) groups excluding carboxylic acids is 1. The fourth-order valence-electron chi connectivity index (χ4n) is 3.32. The fraction of sp³-hybridized carbons (Fsp3) is 0.450. The first-order valence-corrected chi connectivity index (χ1v) is 10.0. The van der Waals surface area contributed by atoms with Crippen molar-refractivity contribution in [1.29, 1.82) is 0 Å². The van der Waals surface area contributed by atoms with E-state index >= 15 is 0 Å². The summed E-state index contributed by atoms with van der Waals surface area (Å²) >= 11 is 1.87. The number of piperidine rings is 1. The number of hydrogen-bond donors (Lipinski definition) is 2. The molecule has 0 aliphatic carbocycles. The lowest BCUT2D eigenvalue weighted by molar-refractivity contribution is 0.209. The van der Waals surface area contributed by atoms with Crippen molar-refractivity contribution in [3.05, 3.63) is 58.3 Å². The highest BCUT2D eigenvalue weighted by molar-refractivity contribution is 7.10. The lowest BCUT2D eigenvalue weighted by atomic mass is 9.95. The number of nitrogens with zero attached hydrogens (tertiary/aromatic N) is 1. The first-order valence-electron chi connectivity index (χ1n) is 9.12. The molecule has 1 fully saturated rings. The van der Waals surface area contributed by atoms with Gasteiger partial charge < -0.3 is 15.5 Å². The average molecular weight is 358 g/mol. The van der Waals surface area contributed by atoms with Crippen LogP contribution in [0.5, 0.6) is 0 Å². The third-order valence-corrected chi connectivity index (χ3v) is 5.82. The molecule has 0 radical (unpaired) electrons. The smallest absolute Gasteiger partial charge is 0.314 e. The number of amides is 2. The van der Waals surface area contributed by atoms with E-state index in [-0.39, 0.29) is 6.03 Å². The number of hydrogen-bond acceptors (Lipinski definition) is 3. The molecule has 0 atom stereocenters. The van der Waals surface area contributed by atoms with Gasteiger partial charge in [-0.3, -0.25) is 0 Å². The van der Waals surface area contributed by atoms with Gasteiger partial charge in [0.25, 0.3) is 0 Å². The van der Waals surface area contributed by atoms with Gasteiger partial charge in [-0.15, -0.1) is 11.3 Å². The molecule has 1 aromatic heterocycles. The van der Waals surface area contributed by atoms with E-state index in [1.165, 1.54) is 23.3 Å². The van der Waals surface area contributed by atoms with Gasteiger partial charge in [0, 0.05) is 24.5 Å². The van der Waals surface area contributed by atoms with Crippen LogP contribution in [0.1, 0.15) is 29.2 Å². The maximum Gasteiger partial charge on any atom is 0.314 e. The van der Waals surface area contributed by atoms with Gasteiger partial charge in [-0.2, -0.15) is 0 Å². The molecular formula is C20H27N3OS. The molecule has 0 saturated carbocycles. The molecule has 4 nitrogen and oxygen atoms in total. The summed E-state index contributed by atoms with van der Waals surface area (Å²) in [5.74, 6) is 0.727. The van der Waals surface area contributed by atoms with Crippen molar-refractivity contribution in [3.63, 3.8) is 0 Å². The number of urea groups is 1. The highest BCUT2D eigenvalue weighted by Crippen LogP contribution is 2.30. The van der Waals surface area contributed by atoms with Crippen LogP contribution in [0.2, 0.25) is 0 Å². The largest absolute Gasteiger partial charge is 0.338 e. The van der Waals surface area contributed by atoms with E-state index in [0.717, 1.165) is 32.0 Å². The maximum atomic E-state index is 11.8. The van der Waals surface area contributed by atoms with E-state index in [1.807, 2.05) is 29.5 Å². The minimum Gasteiger partial charge on any atom is -0.338 e. The zero-order valence-corrected chi connectivity index (χ0v) is 15.4. The normalized spacial score (nSPS) is 15.8. The Hall–Kier alpha value is -1.85. The summed E-state index contributed by atoms with van der Waals surface area (Å²) in [4.78, 5) is 15.8. The number of nitrogens with one attached hydrogen (secondary N) is 2. The topological polar surface area (TPSA) is 44.4 Å². The SMILES string of the molecule is O=C(NCCc1ccccc1)NCCN1CCC(c2cccs2)CC1. The van der Waals surface area contributed by atoms with Crippen molar-refractivity contribution in [3.8, 4) is 0 Å². The zero-order chi connectivity index (χ0) is 17.3. The molecule has 25 heavy (non-hydrogen) atoms. The monoisotopic (exact) mass is 357 g/mol. The Morgan fingerprint density at radius 2 is 1.80 bits per heavy atom. The standard InChI is InChI=1S/C20H27N3OS/c24-20(21-11-8-17-5-2-1-3-6-17)22-12-15-23-13-9-18(10-14-23)19-7-4-16-25-19/h1-7,16,18H,8-15H2,(H2,21,22,24). The zero-order valence-electron chi connectivity index (χ0n) is 14.6. The van der Waals surface area contributed by atoms with Crippen LogP contribution in [0.25, 0.3) is 0 Å². The molecular weight excluding hydrogens is 330 g/mol. The summed E-state index contributed by atoms with van der Waals surface area (Å²) in [7, 11) is 0. The van der Waals surface area contributed by atoms with Crippen LogP contribution in [0.4, 0.5) is 4.79 Å². The molecule has 2 heterocycles. The van der Waals surface area contributed by atoms with Crippen LogP contribution < -0.4 is 10.6 Å². The first-order chi connectivity index (χ1) is 12.3. The van der Waals surface area contributed by atoms with Gasteiger partial charge in [0.15, 0.2) is 0 Å². The second-order valence-corrected chi connectivity index (χ2v) is 7.53. The molecule has 0 spiro atoms. The van der Waals surface area contributed by atoms with E-state index in [1.54, 1.807) is 0 Å². The lowest BCUT2D eigenvalue weighted by Gasteiger charge is -2.31. The molecule has 5 heteroatoms. The third kappa shape index (κ3) is 5.87. The van der Waals surface area contributed by atoms with Crippen LogP contribution in [-0.4, -0.2) is 43.7 Å². The Morgan fingerprint density at radius 1 is 1.04 bits per heavy atom. The minimum atomic E-state index is -0.0654. The molecule has 1 aromatic carbocycles. The highest BCUT2D eigenvalue weighted by atomic mass is 32.1. The van der Waals surface area contributed by atoms with Crippen molar-refractivity contribution >= 4 is 17.4 Å². The van der Waals surface area contributed by atoms with Crippen molar-refractivity contribution in [2.75, 3.05) is 32.7 Å². The summed E-state index contributed by atoms with van der Waals surface area (Å²) < 4.78 is 0. The Bertz CT molecular complexity index is 622. The Balaban J connectivity index is 1.25. The molecule has 1 saturated heterocycles. The van der Waals surface area contributed by atoms with Crippen molar-refractivity contribution in [2.24, 2.45) is 0 Å². The van der Waals surface area contributed by atoms with E-state index < -0.39 is 0 Å².